The molecule has 6 heteroatoms. The van der Waals surface area contributed by atoms with Gasteiger partial charge in [0.25, 0.3) is 0 Å². The first-order chi connectivity index (χ1) is 9.74. The lowest BCUT2D eigenvalue weighted by atomic mass is 10.1. The van der Waals surface area contributed by atoms with E-state index in [1.807, 2.05) is 0 Å². The van der Waals surface area contributed by atoms with Gasteiger partial charge in [-0.05, 0) is 30.3 Å². The zero-order chi connectivity index (χ0) is 13.9. The Morgan fingerprint density at radius 1 is 1.40 bits per heavy atom. The summed E-state index contributed by atoms with van der Waals surface area (Å²) in [6.45, 7) is 0. The zero-order valence-corrected chi connectivity index (χ0v) is 11.2. The molecule has 2 aromatic rings. The van der Waals surface area contributed by atoms with Crippen LogP contribution in [0, 0.1) is 5.82 Å². The molecule has 1 amide bonds. The molecule has 0 spiro atoms. The molecule has 0 unspecified atom stereocenters. The molecule has 0 aliphatic carbocycles. The van der Waals surface area contributed by atoms with Crippen LogP contribution in [0.5, 0.6) is 0 Å². The number of hydrogen-bond acceptors (Lipinski definition) is 4. The Morgan fingerprint density at radius 3 is 3.10 bits per heavy atom. The van der Waals surface area contributed by atoms with E-state index in [0.717, 1.165) is 16.2 Å². The van der Waals surface area contributed by atoms with Crippen molar-refractivity contribution in [3.63, 3.8) is 0 Å². The first kappa shape index (κ1) is 12.9. The minimum Gasteiger partial charge on any atom is -0.459 e. The number of nitrogens with one attached hydrogen (secondary N) is 1. The summed E-state index contributed by atoms with van der Waals surface area (Å²) in [7, 11) is 0. The number of thioether (sulfide) groups is 1. The highest BCUT2D eigenvalue weighted by atomic mass is 32.2. The van der Waals surface area contributed by atoms with Crippen molar-refractivity contribution in [3.05, 3.63) is 53.7 Å². The average Bonchev–Trinajstić information content (AvgIpc) is 2.99. The predicted molar refractivity (Wildman–Crippen MR) is 74.5 cm³/mol. The summed E-state index contributed by atoms with van der Waals surface area (Å²) >= 11 is 1.65. The molecular formula is C14H11FN2O2S. The number of carbonyl (C=O) groups is 1. The second kappa shape index (κ2) is 5.50. The second-order valence-electron chi connectivity index (χ2n) is 4.22. The van der Waals surface area contributed by atoms with E-state index in [1.165, 1.54) is 18.4 Å². The maximum atomic E-state index is 13.3. The molecule has 2 heterocycles. The first-order valence-corrected chi connectivity index (χ1v) is 7.06. The molecule has 1 aromatic heterocycles. The topological polar surface area (TPSA) is 54.6 Å². The number of halogens is 1. The van der Waals surface area contributed by atoms with Gasteiger partial charge in [-0.3, -0.25) is 4.79 Å². The second-order valence-corrected chi connectivity index (χ2v) is 5.35. The quantitative estimate of drug-likeness (QED) is 0.865. The van der Waals surface area contributed by atoms with E-state index >= 15 is 0 Å². The Labute approximate surface area is 119 Å². The summed E-state index contributed by atoms with van der Waals surface area (Å²) in [6, 6.07) is 7.79. The van der Waals surface area contributed by atoms with E-state index in [0.29, 0.717) is 12.1 Å². The number of furan rings is 1. The van der Waals surface area contributed by atoms with Crippen LogP contribution in [-0.4, -0.2) is 17.4 Å². The van der Waals surface area contributed by atoms with Crippen molar-refractivity contribution in [2.45, 2.75) is 11.3 Å². The third-order valence-electron chi connectivity index (χ3n) is 2.89. The highest BCUT2D eigenvalue weighted by Gasteiger charge is 2.17. The van der Waals surface area contributed by atoms with E-state index in [-0.39, 0.29) is 11.6 Å². The van der Waals surface area contributed by atoms with Crippen LogP contribution in [0.1, 0.15) is 22.5 Å². The molecule has 1 aromatic carbocycles. The number of hydrogen-bond donors (Lipinski definition) is 1. The van der Waals surface area contributed by atoms with Gasteiger partial charge in [-0.25, -0.2) is 9.82 Å². The third-order valence-corrected chi connectivity index (χ3v) is 3.96. The Kier molecular flexibility index (Phi) is 3.56. The molecule has 0 atom stereocenters. The molecule has 0 saturated carbocycles. The lowest BCUT2D eigenvalue weighted by molar-refractivity contribution is 0.0927. The number of rotatable bonds is 2. The monoisotopic (exact) mass is 290 g/mol. The number of fused-ring (bicyclic) bond motifs is 1. The highest BCUT2D eigenvalue weighted by molar-refractivity contribution is 7.99. The summed E-state index contributed by atoms with van der Waals surface area (Å²) < 4.78 is 18.3. The predicted octanol–water partition coefficient (Wildman–Crippen LogP) is 3.05. The van der Waals surface area contributed by atoms with E-state index < -0.39 is 5.91 Å². The van der Waals surface area contributed by atoms with E-state index in [2.05, 4.69) is 10.5 Å². The van der Waals surface area contributed by atoms with E-state index in [4.69, 9.17) is 4.42 Å². The van der Waals surface area contributed by atoms with Gasteiger partial charge in [0.05, 0.1) is 12.0 Å². The molecule has 1 N–H and O–H groups in total. The van der Waals surface area contributed by atoms with Crippen molar-refractivity contribution in [2.75, 3.05) is 5.75 Å². The van der Waals surface area contributed by atoms with E-state index in [1.54, 1.807) is 30.0 Å². The highest BCUT2D eigenvalue weighted by Crippen LogP contribution is 2.30. The van der Waals surface area contributed by atoms with Gasteiger partial charge in [-0.2, -0.15) is 5.10 Å². The minimum absolute atomic E-state index is 0.194. The Hall–Kier alpha value is -2.08. The van der Waals surface area contributed by atoms with Crippen LogP contribution in [0.3, 0.4) is 0 Å². The Balaban J connectivity index is 1.83. The molecule has 0 fully saturated rings. The van der Waals surface area contributed by atoms with Gasteiger partial charge < -0.3 is 4.42 Å². The molecule has 1 aliphatic heterocycles. The summed E-state index contributed by atoms with van der Waals surface area (Å²) in [5.41, 5.74) is 3.85. The van der Waals surface area contributed by atoms with Crippen LogP contribution in [0.4, 0.5) is 4.39 Å². The van der Waals surface area contributed by atoms with Gasteiger partial charge in [-0.1, -0.05) is 0 Å². The maximum Gasteiger partial charge on any atom is 0.307 e. The van der Waals surface area contributed by atoms with Gasteiger partial charge >= 0.3 is 5.91 Å². The number of amides is 1. The molecule has 0 saturated heterocycles. The van der Waals surface area contributed by atoms with Crippen molar-refractivity contribution in [3.8, 4) is 0 Å². The molecular weight excluding hydrogens is 279 g/mol. The van der Waals surface area contributed by atoms with Crippen molar-refractivity contribution < 1.29 is 13.6 Å². The number of carbonyl (C=O) groups excluding carboxylic acids is 1. The fraction of sp³-hybridized carbons (Fsp3) is 0.143. The largest absolute Gasteiger partial charge is 0.459 e. The molecule has 4 nitrogen and oxygen atoms in total. The molecule has 20 heavy (non-hydrogen) atoms. The zero-order valence-electron chi connectivity index (χ0n) is 10.4. The van der Waals surface area contributed by atoms with Crippen molar-refractivity contribution in [1.29, 1.82) is 0 Å². The van der Waals surface area contributed by atoms with Crippen LogP contribution in [-0.2, 0) is 0 Å². The third kappa shape index (κ3) is 2.60. The Bertz CT molecular complexity index is 668. The van der Waals surface area contributed by atoms with Crippen molar-refractivity contribution in [2.24, 2.45) is 5.10 Å². The van der Waals surface area contributed by atoms with Crippen LogP contribution in [0.15, 0.2) is 51.0 Å². The number of hydrazone groups is 1. The number of nitrogens with zero attached hydrogens (tertiary/aromatic N) is 1. The van der Waals surface area contributed by atoms with Crippen molar-refractivity contribution >= 4 is 23.4 Å². The lowest BCUT2D eigenvalue weighted by Crippen LogP contribution is -2.21. The van der Waals surface area contributed by atoms with E-state index in [9.17, 15) is 9.18 Å². The average molecular weight is 290 g/mol. The molecule has 1 aliphatic rings. The van der Waals surface area contributed by atoms with Crippen LogP contribution in [0.2, 0.25) is 0 Å². The lowest BCUT2D eigenvalue weighted by Gasteiger charge is -2.17. The molecule has 0 radical (unpaired) electrons. The molecule has 102 valence electrons. The van der Waals surface area contributed by atoms with Crippen LogP contribution >= 0.6 is 11.8 Å². The first-order valence-electron chi connectivity index (χ1n) is 6.07. The van der Waals surface area contributed by atoms with Crippen LogP contribution in [0.25, 0.3) is 0 Å². The minimum atomic E-state index is -0.418. The van der Waals surface area contributed by atoms with Crippen LogP contribution < -0.4 is 5.43 Å². The standard InChI is InChI=1S/C14H11FN2O2S/c15-9-3-4-13-10(8-9)11(5-7-20-13)16-17-14(18)12-2-1-6-19-12/h1-4,6,8H,5,7H2,(H,17,18). The fourth-order valence-electron chi connectivity index (χ4n) is 1.94. The van der Waals surface area contributed by atoms with Gasteiger partial charge in [-0.15, -0.1) is 11.8 Å². The van der Waals surface area contributed by atoms with Gasteiger partial charge in [0.1, 0.15) is 5.82 Å². The molecule has 0 bridgehead atoms. The number of benzene rings is 1. The summed E-state index contributed by atoms with van der Waals surface area (Å²) in [6.07, 6.45) is 2.10. The van der Waals surface area contributed by atoms with Gasteiger partial charge in [0.2, 0.25) is 0 Å². The smallest absolute Gasteiger partial charge is 0.307 e. The maximum absolute atomic E-state index is 13.3. The Morgan fingerprint density at radius 2 is 2.30 bits per heavy atom. The summed E-state index contributed by atoms with van der Waals surface area (Å²) in [4.78, 5) is 12.7. The van der Waals surface area contributed by atoms with Crippen molar-refractivity contribution in [1.82, 2.24) is 5.43 Å². The summed E-state index contributed by atoms with van der Waals surface area (Å²) in [5, 5.41) is 4.10. The van der Waals surface area contributed by atoms with Gasteiger partial charge in [0, 0.05) is 22.6 Å². The SMILES string of the molecule is O=C(NN=C1CCSc2ccc(F)cc21)c1ccco1. The van der Waals surface area contributed by atoms with Gasteiger partial charge in [0.15, 0.2) is 5.76 Å². The fourth-order valence-corrected chi connectivity index (χ4v) is 2.95. The normalized spacial score (nSPS) is 15.9. The summed E-state index contributed by atoms with van der Waals surface area (Å²) in [5.74, 6) is 0.322. The molecule has 3 rings (SSSR count).